The summed E-state index contributed by atoms with van der Waals surface area (Å²) in [7, 11) is 0. The number of benzene rings is 1. The average Bonchev–Trinajstić information content (AvgIpc) is 2.38. The van der Waals surface area contributed by atoms with Crippen molar-refractivity contribution in [2.75, 3.05) is 0 Å². The molecule has 106 valence electrons. The first kappa shape index (κ1) is 14.8. The van der Waals surface area contributed by atoms with Crippen LogP contribution >= 0.6 is 11.6 Å². The van der Waals surface area contributed by atoms with Gasteiger partial charge in [0.2, 0.25) is 5.88 Å². The number of halogens is 1. The molecule has 0 aliphatic rings. The Kier molecular flexibility index (Phi) is 4.31. The van der Waals surface area contributed by atoms with E-state index < -0.39 is 0 Å². The molecule has 0 unspecified atom stereocenters. The number of hydrogen-bond donors (Lipinski definition) is 1. The Hall–Kier alpha value is -1.58. The summed E-state index contributed by atoms with van der Waals surface area (Å²) in [6.07, 6.45) is 1.84. The third kappa shape index (κ3) is 3.30. The predicted octanol–water partition coefficient (Wildman–Crippen LogP) is 4.28. The largest absolute Gasteiger partial charge is 0.439 e. The molecule has 0 saturated heterocycles. The van der Waals surface area contributed by atoms with Crippen LogP contribution in [0.4, 0.5) is 0 Å². The minimum atomic E-state index is 0.0734. The quantitative estimate of drug-likeness (QED) is 0.917. The molecule has 4 heteroatoms. The van der Waals surface area contributed by atoms with Crippen molar-refractivity contribution in [3.8, 4) is 11.6 Å². The van der Waals surface area contributed by atoms with Crippen LogP contribution in [0.3, 0.4) is 0 Å². The molecule has 1 aromatic carbocycles. The second-order valence-corrected chi connectivity index (χ2v) is 6.07. The lowest BCUT2D eigenvalue weighted by Gasteiger charge is -2.18. The van der Waals surface area contributed by atoms with Crippen LogP contribution in [0.1, 0.15) is 31.9 Å². The van der Waals surface area contributed by atoms with Crippen molar-refractivity contribution in [2.24, 2.45) is 5.73 Å². The number of ether oxygens (including phenoxy) is 1. The molecule has 0 amide bonds. The van der Waals surface area contributed by atoms with Gasteiger partial charge in [-0.25, -0.2) is 4.98 Å². The molecule has 0 radical (unpaired) electrons. The van der Waals surface area contributed by atoms with E-state index in [9.17, 15) is 0 Å². The Balaban J connectivity index is 2.25. The summed E-state index contributed by atoms with van der Waals surface area (Å²) in [6.45, 7) is 6.77. The lowest BCUT2D eigenvalue weighted by molar-refractivity contribution is 0.455. The Bertz CT molecular complexity index is 588. The predicted molar refractivity (Wildman–Crippen MR) is 82.4 cm³/mol. The topological polar surface area (TPSA) is 48.1 Å². The molecule has 0 atom stereocenters. The molecule has 0 fully saturated rings. The second kappa shape index (κ2) is 5.81. The van der Waals surface area contributed by atoms with E-state index in [0.717, 1.165) is 11.1 Å². The lowest BCUT2D eigenvalue weighted by Crippen LogP contribution is -2.11. The summed E-state index contributed by atoms with van der Waals surface area (Å²) < 4.78 is 5.77. The zero-order valence-corrected chi connectivity index (χ0v) is 12.7. The van der Waals surface area contributed by atoms with Crippen LogP contribution in [0.15, 0.2) is 36.5 Å². The van der Waals surface area contributed by atoms with E-state index in [-0.39, 0.29) is 5.41 Å². The minimum Gasteiger partial charge on any atom is -0.439 e. The third-order valence-electron chi connectivity index (χ3n) is 3.10. The number of nitrogens with two attached hydrogens (primary N) is 1. The Morgan fingerprint density at radius 3 is 2.50 bits per heavy atom. The summed E-state index contributed by atoms with van der Waals surface area (Å²) in [5.41, 5.74) is 7.72. The summed E-state index contributed by atoms with van der Waals surface area (Å²) in [5.74, 6) is 1.19. The molecule has 1 heterocycles. The lowest BCUT2D eigenvalue weighted by atomic mass is 9.88. The van der Waals surface area contributed by atoms with Gasteiger partial charge < -0.3 is 10.5 Å². The minimum absolute atomic E-state index is 0.0734. The highest BCUT2D eigenvalue weighted by molar-refractivity contribution is 6.31. The van der Waals surface area contributed by atoms with Crippen molar-refractivity contribution in [1.29, 1.82) is 0 Å². The molecule has 1 aromatic heterocycles. The van der Waals surface area contributed by atoms with E-state index in [0.29, 0.717) is 23.2 Å². The number of pyridine rings is 1. The van der Waals surface area contributed by atoms with E-state index in [4.69, 9.17) is 22.1 Å². The number of hydrogen-bond acceptors (Lipinski definition) is 3. The molecule has 20 heavy (non-hydrogen) atoms. The molecule has 0 aliphatic heterocycles. The molecular weight excluding hydrogens is 272 g/mol. The normalized spacial score (nSPS) is 11.4. The summed E-state index contributed by atoms with van der Waals surface area (Å²) in [6, 6.07) is 9.36. The van der Waals surface area contributed by atoms with Crippen molar-refractivity contribution in [3.63, 3.8) is 0 Å². The van der Waals surface area contributed by atoms with Gasteiger partial charge in [0, 0.05) is 29.4 Å². The first-order chi connectivity index (χ1) is 9.41. The van der Waals surface area contributed by atoms with E-state index >= 15 is 0 Å². The van der Waals surface area contributed by atoms with Crippen molar-refractivity contribution in [2.45, 2.75) is 32.7 Å². The van der Waals surface area contributed by atoms with Gasteiger partial charge in [0.1, 0.15) is 5.75 Å². The van der Waals surface area contributed by atoms with Crippen LogP contribution in [0.2, 0.25) is 5.02 Å². The van der Waals surface area contributed by atoms with Gasteiger partial charge in [-0.1, -0.05) is 44.5 Å². The fraction of sp³-hybridized carbons (Fsp3) is 0.312. The van der Waals surface area contributed by atoms with Gasteiger partial charge in [-0.2, -0.15) is 0 Å². The van der Waals surface area contributed by atoms with Gasteiger partial charge in [-0.15, -0.1) is 0 Å². The molecule has 2 N–H and O–H groups in total. The summed E-state index contributed by atoms with van der Waals surface area (Å²) in [5, 5.41) is 0.608. The van der Waals surface area contributed by atoms with Crippen LogP contribution in [-0.2, 0) is 12.0 Å². The Morgan fingerprint density at radius 1 is 1.20 bits per heavy atom. The van der Waals surface area contributed by atoms with Crippen LogP contribution in [-0.4, -0.2) is 4.98 Å². The Labute approximate surface area is 124 Å². The van der Waals surface area contributed by atoms with Crippen molar-refractivity contribution in [3.05, 3.63) is 52.7 Å². The molecular formula is C16H19ClN2O. The maximum Gasteiger partial charge on any atom is 0.219 e. The summed E-state index contributed by atoms with van der Waals surface area (Å²) in [4.78, 5) is 4.34. The van der Waals surface area contributed by atoms with E-state index in [1.54, 1.807) is 6.07 Å². The van der Waals surface area contributed by atoms with Gasteiger partial charge in [0.05, 0.1) is 0 Å². The first-order valence-corrected chi connectivity index (χ1v) is 6.91. The monoisotopic (exact) mass is 290 g/mol. The zero-order valence-electron chi connectivity index (χ0n) is 12.0. The molecule has 2 rings (SSSR count). The van der Waals surface area contributed by atoms with Crippen LogP contribution < -0.4 is 10.5 Å². The molecule has 0 bridgehead atoms. The Morgan fingerprint density at radius 2 is 1.95 bits per heavy atom. The standard InChI is InChI=1S/C16H19ClN2O/c1-16(2,3)11-7-8-15(19-10-11)20-14-6-4-5-13(17)12(14)9-18/h4-8,10H,9,18H2,1-3H3. The first-order valence-electron chi connectivity index (χ1n) is 6.53. The van der Waals surface area contributed by atoms with Crippen LogP contribution in [0.5, 0.6) is 11.6 Å². The van der Waals surface area contributed by atoms with Crippen LogP contribution in [0, 0.1) is 0 Å². The fourth-order valence-electron chi connectivity index (χ4n) is 1.83. The van der Waals surface area contributed by atoms with Gasteiger partial charge >= 0.3 is 0 Å². The maximum atomic E-state index is 6.10. The van der Waals surface area contributed by atoms with Gasteiger partial charge in [0.25, 0.3) is 0 Å². The smallest absolute Gasteiger partial charge is 0.219 e. The third-order valence-corrected chi connectivity index (χ3v) is 3.45. The van der Waals surface area contributed by atoms with Crippen molar-refractivity contribution < 1.29 is 4.74 Å². The SMILES string of the molecule is CC(C)(C)c1ccc(Oc2cccc(Cl)c2CN)nc1. The van der Waals surface area contributed by atoms with E-state index in [1.165, 1.54) is 0 Å². The van der Waals surface area contributed by atoms with Gasteiger partial charge in [0.15, 0.2) is 0 Å². The maximum absolute atomic E-state index is 6.10. The van der Waals surface area contributed by atoms with E-state index in [1.807, 2.05) is 30.5 Å². The number of nitrogens with zero attached hydrogens (tertiary/aromatic N) is 1. The summed E-state index contributed by atoms with van der Waals surface area (Å²) >= 11 is 6.10. The van der Waals surface area contributed by atoms with Gasteiger partial charge in [-0.3, -0.25) is 0 Å². The van der Waals surface area contributed by atoms with Crippen LogP contribution in [0.25, 0.3) is 0 Å². The highest BCUT2D eigenvalue weighted by Crippen LogP contribution is 2.30. The number of aromatic nitrogens is 1. The molecule has 3 nitrogen and oxygen atoms in total. The highest BCUT2D eigenvalue weighted by Gasteiger charge is 2.14. The molecule has 0 aliphatic carbocycles. The zero-order chi connectivity index (χ0) is 14.8. The average molecular weight is 291 g/mol. The fourth-order valence-corrected chi connectivity index (χ4v) is 2.07. The second-order valence-electron chi connectivity index (χ2n) is 5.66. The molecule has 0 spiro atoms. The van der Waals surface area contributed by atoms with Crippen molar-refractivity contribution >= 4 is 11.6 Å². The molecule has 2 aromatic rings. The van der Waals surface area contributed by atoms with Crippen molar-refractivity contribution in [1.82, 2.24) is 4.98 Å². The van der Waals surface area contributed by atoms with Gasteiger partial charge in [-0.05, 0) is 23.1 Å². The highest BCUT2D eigenvalue weighted by atomic mass is 35.5. The molecule has 0 saturated carbocycles. The number of rotatable bonds is 3. The van der Waals surface area contributed by atoms with E-state index in [2.05, 4.69) is 25.8 Å².